The van der Waals surface area contributed by atoms with Gasteiger partial charge in [-0.25, -0.2) is 9.78 Å². The zero-order valence-electron chi connectivity index (χ0n) is 19.4. The van der Waals surface area contributed by atoms with Gasteiger partial charge in [-0.15, -0.1) is 23.1 Å². The summed E-state index contributed by atoms with van der Waals surface area (Å²) in [6.07, 6.45) is -5.47. The Morgan fingerprint density at radius 1 is 1.06 bits per heavy atom. The predicted octanol–water partition coefficient (Wildman–Crippen LogP) is 7.94. The fourth-order valence-corrected chi connectivity index (χ4v) is 5.70. The van der Waals surface area contributed by atoms with Gasteiger partial charge < -0.3 is 9.84 Å². The lowest BCUT2D eigenvalue weighted by molar-refractivity contribution is -0.145. The molecular weight excluding hydrogens is 507 g/mol. The molecule has 3 aromatic carbocycles. The number of carbonyl (C=O) groups is 1. The monoisotopic (exact) mass is 529 g/mol. The van der Waals surface area contributed by atoms with E-state index in [1.165, 1.54) is 23.5 Å². The number of alkyl halides is 3. The van der Waals surface area contributed by atoms with Crippen molar-refractivity contribution in [1.29, 1.82) is 0 Å². The maximum atomic E-state index is 12.8. The minimum Gasteiger partial charge on any atom is -0.478 e. The van der Waals surface area contributed by atoms with Crippen LogP contribution in [0.1, 0.15) is 33.4 Å². The lowest BCUT2D eigenvalue weighted by Gasteiger charge is -2.17. The topological polar surface area (TPSA) is 59.4 Å². The van der Waals surface area contributed by atoms with Crippen LogP contribution >= 0.6 is 23.1 Å². The molecule has 4 rings (SSSR count). The van der Waals surface area contributed by atoms with Crippen LogP contribution in [0.4, 0.5) is 13.2 Å². The van der Waals surface area contributed by atoms with E-state index in [1.807, 2.05) is 32.0 Å². The summed E-state index contributed by atoms with van der Waals surface area (Å²) in [5.74, 6) is 0.0728. The highest BCUT2D eigenvalue weighted by Crippen LogP contribution is 2.36. The number of aromatic nitrogens is 1. The molecule has 0 aliphatic rings. The Kier molecular flexibility index (Phi) is 7.70. The normalized spacial score (nSPS) is 12.4. The van der Waals surface area contributed by atoms with Crippen LogP contribution in [0.5, 0.6) is 5.75 Å². The number of carboxylic acids is 1. The Balaban J connectivity index is 1.44. The smallest absolute Gasteiger partial charge is 0.416 e. The third-order valence-corrected chi connectivity index (χ3v) is 7.85. The van der Waals surface area contributed by atoms with Crippen molar-refractivity contribution < 1.29 is 27.8 Å². The Labute approximate surface area is 214 Å². The number of hydrogen-bond acceptors (Lipinski definition) is 5. The highest BCUT2D eigenvalue weighted by Gasteiger charge is 2.30. The largest absolute Gasteiger partial charge is 0.478 e. The van der Waals surface area contributed by atoms with E-state index in [1.54, 1.807) is 42.1 Å². The van der Waals surface area contributed by atoms with Crippen molar-refractivity contribution in [2.45, 2.75) is 36.8 Å². The number of thioether (sulfide) groups is 1. The van der Waals surface area contributed by atoms with Gasteiger partial charge in [-0.1, -0.05) is 42.5 Å². The average Bonchev–Trinajstić information content (AvgIpc) is 3.22. The van der Waals surface area contributed by atoms with E-state index in [0.29, 0.717) is 27.6 Å². The molecular formula is C27H22F3NO3S2. The second-order valence-electron chi connectivity index (χ2n) is 8.07. The van der Waals surface area contributed by atoms with Crippen LogP contribution in [0.2, 0.25) is 0 Å². The van der Waals surface area contributed by atoms with Gasteiger partial charge in [-0.2, -0.15) is 13.2 Å². The SMILES string of the molecule is Cc1cc(SCc2sc(-c3ccc(C(F)(F)F)cc3)nc2C)ccc1OC(C(=O)O)c1ccccc1. The molecule has 1 N–H and O–H groups in total. The second-order valence-corrected chi connectivity index (χ2v) is 10.2. The molecule has 1 heterocycles. The van der Waals surface area contributed by atoms with Crippen LogP contribution in [-0.2, 0) is 16.7 Å². The highest BCUT2D eigenvalue weighted by molar-refractivity contribution is 7.98. The van der Waals surface area contributed by atoms with Crippen LogP contribution < -0.4 is 4.74 Å². The van der Waals surface area contributed by atoms with Crippen molar-refractivity contribution in [3.8, 4) is 16.3 Å². The number of nitrogens with zero attached hydrogens (tertiary/aromatic N) is 1. The van der Waals surface area contributed by atoms with Gasteiger partial charge in [0, 0.05) is 26.7 Å². The van der Waals surface area contributed by atoms with Gasteiger partial charge in [0.1, 0.15) is 10.8 Å². The van der Waals surface area contributed by atoms with Crippen molar-refractivity contribution in [1.82, 2.24) is 4.98 Å². The summed E-state index contributed by atoms with van der Waals surface area (Å²) in [6, 6.07) is 19.4. The van der Waals surface area contributed by atoms with Crippen molar-refractivity contribution in [3.63, 3.8) is 0 Å². The number of carboxylic acid groups (broad SMARTS) is 1. The zero-order valence-corrected chi connectivity index (χ0v) is 21.0. The van der Waals surface area contributed by atoms with Gasteiger partial charge in [-0.05, 0) is 49.7 Å². The maximum Gasteiger partial charge on any atom is 0.416 e. The van der Waals surface area contributed by atoms with Gasteiger partial charge >= 0.3 is 12.1 Å². The van der Waals surface area contributed by atoms with Crippen molar-refractivity contribution in [2.24, 2.45) is 0 Å². The van der Waals surface area contributed by atoms with Crippen LogP contribution in [0, 0.1) is 13.8 Å². The standard InChI is InChI=1S/C27H22F3NO3S2/c1-16-14-21(12-13-22(16)34-24(26(32)33)18-6-4-3-5-7-18)35-15-23-17(2)31-25(36-23)19-8-10-20(11-9-19)27(28,29)30/h3-14,24H,15H2,1-2H3,(H,32,33). The number of halogens is 3. The molecule has 0 saturated heterocycles. The van der Waals surface area contributed by atoms with Crippen LogP contribution in [0.25, 0.3) is 10.6 Å². The lowest BCUT2D eigenvalue weighted by Crippen LogP contribution is -2.18. The van der Waals surface area contributed by atoms with E-state index in [2.05, 4.69) is 4.98 Å². The lowest BCUT2D eigenvalue weighted by atomic mass is 10.1. The van der Waals surface area contributed by atoms with Gasteiger partial charge in [0.05, 0.1) is 11.3 Å². The summed E-state index contributed by atoms with van der Waals surface area (Å²) in [5, 5.41) is 10.3. The van der Waals surface area contributed by atoms with Gasteiger partial charge in [-0.3, -0.25) is 0 Å². The molecule has 0 radical (unpaired) electrons. The number of benzene rings is 3. The number of aryl methyl sites for hydroxylation is 2. The molecule has 36 heavy (non-hydrogen) atoms. The molecule has 4 aromatic rings. The van der Waals surface area contributed by atoms with Crippen molar-refractivity contribution in [3.05, 3.63) is 100 Å². The molecule has 0 saturated carbocycles. The first-order valence-electron chi connectivity index (χ1n) is 10.9. The number of ether oxygens (including phenoxy) is 1. The Morgan fingerprint density at radius 3 is 2.36 bits per heavy atom. The molecule has 0 spiro atoms. The van der Waals surface area contributed by atoms with Crippen LogP contribution in [0.3, 0.4) is 0 Å². The zero-order chi connectivity index (χ0) is 25.9. The summed E-state index contributed by atoms with van der Waals surface area (Å²) < 4.78 is 44.3. The molecule has 9 heteroatoms. The van der Waals surface area contributed by atoms with Crippen LogP contribution in [0.15, 0.2) is 77.7 Å². The molecule has 1 aromatic heterocycles. The van der Waals surface area contributed by atoms with Crippen LogP contribution in [-0.4, -0.2) is 16.1 Å². The minimum absolute atomic E-state index is 0.495. The third kappa shape index (κ3) is 6.09. The molecule has 1 unspecified atom stereocenters. The van der Waals surface area contributed by atoms with E-state index in [4.69, 9.17) is 4.74 Å². The first kappa shape index (κ1) is 25.8. The molecule has 0 amide bonds. The summed E-state index contributed by atoms with van der Waals surface area (Å²) in [6.45, 7) is 3.75. The summed E-state index contributed by atoms with van der Waals surface area (Å²) in [4.78, 5) is 18.3. The first-order chi connectivity index (χ1) is 17.1. The summed E-state index contributed by atoms with van der Waals surface area (Å²) in [5.41, 5.74) is 2.18. The number of rotatable bonds is 8. The molecule has 0 aliphatic carbocycles. The van der Waals surface area contributed by atoms with Crippen molar-refractivity contribution >= 4 is 29.1 Å². The Morgan fingerprint density at radius 2 is 1.75 bits per heavy atom. The molecule has 0 aliphatic heterocycles. The number of aliphatic carboxylic acids is 1. The quantitative estimate of drug-likeness (QED) is 0.235. The molecule has 1 atom stereocenters. The first-order valence-corrected chi connectivity index (χ1v) is 12.7. The predicted molar refractivity (Wildman–Crippen MR) is 135 cm³/mol. The maximum absolute atomic E-state index is 12.8. The van der Waals surface area contributed by atoms with E-state index >= 15 is 0 Å². The number of thiazole rings is 1. The van der Waals surface area contributed by atoms with E-state index in [-0.39, 0.29) is 0 Å². The minimum atomic E-state index is -4.37. The van der Waals surface area contributed by atoms with E-state index < -0.39 is 23.8 Å². The summed E-state index contributed by atoms with van der Waals surface area (Å²) >= 11 is 3.05. The second kappa shape index (κ2) is 10.8. The van der Waals surface area contributed by atoms with Gasteiger partial charge in [0.2, 0.25) is 6.10 Å². The van der Waals surface area contributed by atoms with E-state index in [0.717, 1.165) is 33.2 Å². The van der Waals surface area contributed by atoms with Gasteiger partial charge in [0.25, 0.3) is 0 Å². The Bertz CT molecular complexity index is 1350. The fourth-order valence-electron chi connectivity index (χ4n) is 3.50. The van der Waals surface area contributed by atoms with Gasteiger partial charge in [0.15, 0.2) is 0 Å². The average molecular weight is 530 g/mol. The molecule has 0 fully saturated rings. The third-order valence-electron chi connectivity index (χ3n) is 5.44. The highest BCUT2D eigenvalue weighted by atomic mass is 32.2. The molecule has 4 nitrogen and oxygen atoms in total. The summed E-state index contributed by atoms with van der Waals surface area (Å²) in [7, 11) is 0. The fraction of sp³-hybridized carbons (Fsp3) is 0.185. The molecule has 186 valence electrons. The van der Waals surface area contributed by atoms with Crippen molar-refractivity contribution in [2.75, 3.05) is 0 Å². The Hall–Kier alpha value is -3.30. The number of hydrogen-bond donors (Lipinski definition) is 1. The molecule has 0 bridgehead atoms. The van der Waals surface area contributed by atoms with E-state index in [9.17, 15) is 23.1 Å².